The van der Waals surface area contributed by atoms with Gasteiger partial charge in [-0.05, 0) is 39.0 Å². The lowest BCUT2D eigenvalue weighted by molar-refractivity contribution is 0.0266. The highest BCUT2D eigenvalue weighted by molar-refractivity contribution is 14.0. The van der Waals surface area contributed by atoms with Gasteiger partial charge in [-0.1, -0.05) is 26.7 Å². The predicted octanol–water partition coefficient (Wildman–Crippen LogP) is 3.55. The molecule has 1 rings (SSSR count). The van der Waals surface area contributed by atoms with Crippen molar-refractivity contribution in [3.63, 3.8) is 0 Å². The molecule has 0 radical (unpaired) electrons. The Balaban J connectivity index is 0.00000400. The van der Waals surface area contributed by atoms with Crippen LogP contribution in [0.15, 0.2) is 4.99 Å². The fourth-order valence-corrected chi connectivity index (χ4v) is 2.71. The van der Waals surface area contributed by atoms with Gasteiger partial charge in [0, 0.05) is 25.7 Å². The van der Waals surface area contributed by atoms with Crippen LogP contribution < -0.4 is 10.6 Å². The highest BCUT2D eigenvalue weighted by Crippen LogP contribution is 2.17. The largest absolute Gasteiger partial charge is 0.378 e. The highest BCUT2D eigenvalue weighted by Gasteiger charge is 2.16. The lowest BCUT2D eigenvalue weighted by Crippen LogP contribution is -2.42. The van der Waals surface area contributed by atoms with Gasteiger partial charge in [-0.25, -0.2) is 0 Å². The summed E-state index contributed by atoms with van der Waals surface area (Å²) in [7, 11) is 0. The van der Waals surface area contributed by atoms with E-state index in [1.54, 1.807) is 0 Å². The van der Waals surface area contributed by atoms with Gasteiger partial charge >= 0.3 is 0 Å². The summed E-state index contributed by atoms with van der Waals surface area (Å²) in [5.41, 5.74) is 0. The molecule has 21 heavy (non-hydrogen) atoms. The Hall–Kier alpha value is -0.0400. The Kier molecular flexibility index (Phi) is 12.5. The van der Waals surface area contributed by atoms with Crippen molar-refractivity contribution in [1.82, 2.24) is 10.6 Å². The zero-order valence-corrected chi connectivity index (χ0v) is 16.5. The number of rotatable bonds is 8. The lowest BCUT2D eigenvalue weighted by atomic mass is 10.0. The minimum absolute atomic E-state index is 0. The Labute approximate surface area is 147 Å². The number of hydrogen-bond donors (Lipinski definition) is 2. The molecular formula is C16H34IN3O. The second kappa shape index (κ2) is 12.5. The van der Waals surface area contributed by atoms with Crippen molar-refractivity contribution in [2.45, 2.75) is 71.9 Å². The van der Waals surface area contributed by atoms with E-state index in [0.29, 0.717) is 18.1 Å². The molecule has 5 heteroatoms. The zero-order chi connectivity index (χ0) is 14.8. The van der Waals surface area contributed by atoms with Crippen LogP contribution >= 0.6 is 24.0 Å². The topological polar surface area (TPSA) is 45.7 Å². The molecule has 0 bridgehead atoms. The van der Waals surface area contributed by atoms with Gasteiger partial charge in [0.2, 0.25) is 0 Å². The maximum atomic E-state index is 5.77. The van der Waals surface area contributed by atoms with Crippen LogP contribution in [0.5, 0.6) is 0 Å². The third kappa shape index (κ3) is 8.86. The van der Waals surface area contributed by atoms with Crippen molar-refractivity contribution in [3.8, 4) is 0 Å². The van der Waals surface area contributed by atoms with Gasteiger partial charge in [0.25, 0.3) is 0 Å². The summed E-state index contributed by atoms with van der Waals surface area (Å²) in [5, 5.41) is 6.89. The number of nitrogens with zero attached hydrogens (tertiary/aromatic N) is 1. The van der Waals surface area contributed by atoms with Crippen LogP contribution in [0.2, 0.25) is 0 Å². The summed E-state index contributed by atoms with van der Waals surface area (Å²) in [6.45, 7) is 11.1. The van der Waals surface area contributed by atoms with Gasteiger partial charge in [0.1, 0.15) is 0 Å². The number of aliphatic imine (C=N–C) groups is 1. The number of ether oxygens (including phenoxy) is 1. The van der Waals surface area contributed by atoms with E-state index in [9.17, 15) is 0 Å². The van der Waals surface area contributed by atoms with E-state index in [2.05, 4.69) is 38.3 Å². The molecule has 1 atom stereocenters. The summed E-state index contributed by atoms with van der Waals surface area (Å²) in [5.74, 6) is 1.52. The van der Waals surface area contributed by atoms with Gasteiger partial charge in [-0.15, -0.1) is 24.0 Å². The smallest absolute Gasteiger partial charge is 0.191 e. The van der Waals surface area contributed by atoms with Crippen molar-refractivity contribution >= 4 is 29.9 Å². The number of halogens is 1. The average Bonchev–Trinajstić information content (AvgIpc) is 2.90. The molecule has 1 aliphatic rings. The highest BCUT2D eigenvalue weighted by atomic mass is 127. The molecule has 0 spiro atoms. The van der Waals surface area contributed by atoms with Crippen LogP contribution in [0.25, 0.3) is 0 Å². The molecule has 2 N–H and O–H groups in total. The molecule has 0 aromatic carbocycles. The van der Waals surface area contributed by atoms with Crippen molar-refractivity contribution in [3.05, 3.63) is 0 Å². The van der Waals surface area contributed by atoms with Crippen molar-refractivity contribution < 1.29 is 4.74 Å². The quantitative estimate of drug-likeness (QED) is 0.365. The lowest BCUT2D eigenvalue weighted by Gasteiger charge is -2.21. The van der Waals surface area contributed by atoms with Crippen LogP contribution in [-0.2, 0) is 4.74 Å². The van der Waals surface area contributed by atoms with Gasteiger partial charge in [0.05, 0.1) is 6.10 Å². The van der Waals surface area contributed by atoms with Gasteiger partial charge in [-0.2, -0.15) is 0 Å². The van der Waals surface area contributed by atoms with Crippen LogP contribution in [0, 0.1) is 5.92 Å². The van der Waals surface area contributed by atoms with Crippen LogP contribution in [0.3, 0.4) is 0 Å². The van der Waals surface area contributed by atoms with Gasteiger partial charge in [0.15, 0.2) is 5.96 Å². The van der Waals surface area contributed by atoms with Gasteiger partial charge < -0.3 is 15.4 Å². The van der Waals surface area contributed by atoms with Crippen LogP contribution in [0.4, 0.5) is 0 Å². The summed E-state index contributed by atoms with van der Waals surface area (Å²) < 4.78 is 5.77. The first kappa shape index (κ1) is 21.0. The fourth-order valence-electron chi connectivity index (χ4n) is 2.71. The van der Waals surface area contributed by atoms with Crippen molar-refractivity contribution in [2.24, 2.45) is 10.9 Å². The molecule has 126 valence electrons. The second-order valence-corrected chi connectivity index (χ2v) is 5.91. The molecule has 1 aliphatic carbocycles. The van der Waals surface area contributed by atoms with Crippen LogP contribution in [0.1, 0.15) is 59.8 Å². The molecule has 0 saturated heterocycles. The third-order valence-electron chi connectivity index (χ3n) is 3.85. The molecule has 1 fully saturated rings. The Morgan fingerprint density at radius 1 is 1.24 bits per heavy atom. The zero-order valence-electron chi connectivity index (χ0n) is 14.2. The predicted molar refractivity (Wildman–Crippen MR) is 102 cm³/mol. The Bertz CT molecular complexity index is 279. The van der Waals surface area contributed by atoms with Crippen molar-refractivity contribution in [1.29, 1.82) is 0 Å². The molecule has 1 saturated carbocycles. The molecule has 0 amide bonds. The monoisotopic (exact) mass is 411 g/mol. The minimum atomic E-state index is 0. The summed E-state index contributed by atoms with van der Waals surface area (Å²) in [4.78, 5) is 4.70. The molecule has 0 aromatic heterocycles. The van der Waals surface area contributed by atoms with Crippen LogP contribution in [-0.4, -0.2) is 37.8 Å². The summed E-state index contributed by atoms with van der Waals surface area (Å²) in [6.07, 6.45) is 6.55. The maximum Gasteiger partial charge on any atom is 0.191 e. The van der Waals surface area contributed by atoms with E-state index in [1.807, 2.05) is 0 Å². The maximum absolute atomic E-state index is 5.77. The number of hydrogen-bond acceptors (Lipinski definition) is 2. The first-order valence-electron chi connectivity index (χ1n) is 8.33. The summed E-state index contributed by atoms with van der Waals surface area (Å²) in [6, 6.07) is 0.612. The van der Waals surface area contributed by atoms with E-state index in [0.717, 1.165) is 32.1 Å². The molecule has 0 aliphatic heterocycles. The normalized spacial score (nSPS) is 17.7. The second-order valence-electron chi connectivity index (χ2n) is 5.91. The average molecular weight is 411 g/mol. The SMILES string of the molecule is CCNC(=NCCC(OCC)C(C)C)NC1CCCC1.I. The number of nitrogens with one attached hydrogen (secondary N) is 2. The Morgan fingerprint density at radius 3 is 2.43 bits per heavy atom. The first-order valence-corrected chi connectivity index (χ1v) is 8.33. The molecule has 0 heterocycles. The van der Waals surface area contributed by atoms with E-state index < -0.39 is 0 Å². The van der Waals surface area contributed by atoms with E-state index in [-0.39, 0.29) is 24.0 Å². The van der Waals surface area contributed by atoms with E-state index in [1.165, 1.54) is 25.7 Å². The molecule has 4 nitrogen and oxygen atoms in total. The van der Waals surface area contributed by atoms with Gasteiger partial charge in [-0.3, -0.25) is 4.99 Å². The van der Waals surface area contributed by atoms with Crippen molar-refractivity contribution in [2.75, 3.05) is 19.7 Å². The summed E-state index contributed by atoms with van der Waals surface area (Å²) >= 11 is 0. The standard InChI is InChI=1S/C16H33N3O.HI/c1-5-17-16(19-14-9-7-8-10-14)18-12-11-15(13(3)4)20-6-2;/h13-15H,5-12H2,1-4H3,(H2,17,18,19);1H. The molecular weight excluding hydrogens is 377 g/mol. The molecule has 0 aromatic rings. The van der Waals surface area contributed by atoms with E-state index in [4.69, 9.17) is 9.73 Å². The molecule has 1 unspecified atom stereocenters. The number of guanidine groups is 1. The minimum Gasteiger partial charge on any atom is -0.378 e. The fraction of sp³-hybridized carbons (Fsp3) is 0.938. The Morgan fingerprint density at radius 2 is 1.90 bits per heavy atom. The first-order chi connectivity index (χ1) is 9.67. The third-order valence-corrected chi connectivity index (χ3v) is 3.85. The van der Waals surface area contributed by atoms with E-state index >= 15 is 0 Å².